The molecule has 3 atom stereocenters. The second-order valence-corrected chi connectivity index (χ2v) is 7.36. The topological polar surface area (TPSA) is 28.2 Å². The minimum absolute atomic E-state index is 0.283. The molecule has 1 N–H and O–H groups in total. The minimum Gasteiger partial charge on any atom is -0.316 e. The van der Waals surface area contributed by atoms with Crippen molar-refractivity contribution in [3.8, 4) is 0 Å². The van der Waals surface area contributed by atoms with Crippen molar-refractivity contribution in [1.82, 2.24) is 15.2 Å². The van der Waals surface area contributed by atoms with E-state index >= 15 is 0 Å². The predicted octanol–water partition coefficient (Wildman–Crippen LogP) is 2.44. The molecule has 1 aromatic rings. The lowest BCUT2D eigenvalue weighted by molar-refractivity contribution is 0.0953. The van der Waals surface area contributed by atoms with E-state index in [1.165, 1.54) is 30.3 Å². The number of nitrogens with zero attached hydrogens (tertiary/aromatic N) is 2. The van der Waals surface area contributed by atoms with E-state index in [2.05, 4.69) is 48.3 Å². The Hall–Kier alpha value is -0.450. The summed E-state index contributed by atoms with van der Waals surface area (Å²) in [6.07, 6.45) is 0. The fourth-order valence-corrected chi connectivity index (χ4v) is 4.54. The molecule has 2 aliphatic heterocycles. The zero-order chi connectivity index (χ0) is 12.9. The molecule has 3 heterocycles. The van der Waals surface area contributed by atoms with Crippen LogP contribution in [-0.4, -0.2) is 35.1 Å². The van der Waals surface area contributed by atoms with Gasteiger partial charge in [0.2, 0.25) is 0 Å². The number of likely N-dealkylation sites (tertiary alicyclic amines) is 1. The van der Waals surface area contributed by atoms with Gasteiger partial charge in [-0.3, -0.25) is 4.90 Å². The summed E-state index contributed by atoms with van der Waals surface area (Å²) in [7, 11) is 0. The molecule has 0 aliphatic carbocycles. The molecule has 0 aromatic carbocycles. The largest absolute Gasteiger partial charge is 0.316 e. The highest BCUT2D eigenvalue weighted by atomic mass is 32.1. The number of rotatable bonds is 2. The van der Waals surface area contributed by atoms with Gasteiger partial charge in [-0.05, 0) is 46.1 Å². The molecule has 2 aliphatic rings. The van der Waals surface area contributed by atoms with Crippen LogP contribution in [0, 0.1) is 18.8 Å². The van der Waals surface area contributed by atoms with Gasteiger partial charge in [0.05, 0.1) is 16.7 Å². The number of hydrogen-bond donors (Lipinski definition) is 1. The minimum atomic E-state index is 0.283. The molecular formula is C14H23N3S. The van der Waals surface area contributed by atoms with Crippen LogP contribution >= 0.6 is 11.3 Å². The van der Waals surface area contributed by atoms with Gasteiger partial charge in [-0.2, -0.15) is 0 Å². The van der Waals surface area contributed by atoms with Crippen LogP contribution in [0.5, 0.6) is 0 Å². The maximum absolute atomic E-state index is 4.68. The van der Waals surface area contributed by atoms with E-state index in [9.17, 15) is 0 Å². The van der Waals surface area contributed by atoms with Crippen LogP contribution in [-0.2, 0) is 0 Å². The summed E-state index contributed by atoms with van der Waals surface area (Å²) in [5, 5.41) is 6.94. The molecule has 2 saturated heterocycles. The number of thiazole rings is 1. The summed E-state index contributed by atoms with van der Waals surface area (Å²) in [6, 6.07) is 0.440. The Morgan fingerprint density at radius 2 is 2.28 bits per heavy atom. The molecule has 18 heavy (non-hydrogen) atoms. The molecule has 2 fully saturated rings. The first-order valence-corrected chi connectivity index (χ1v) is 7.77. The van der Waals surface area contributed by atoms with Crippen LogP contribution in [0.25, 0.3) is 0 Å². The van der Waals surface area contributed by atoms with Gasteiger partial charge in [0.25, 0.3) is 0 Å². The van der Waals surface area contributed by atoms with Crippen molar-refractivity contribution in [2.24, 2.45) is 11.8 Å². The average Bonchev–Trinajstić information content (AvgIpc) is 2.96. The van der Waals surface area contributed by atoms with Gasteiger partial charge in [0, 0.05) is 24.0 Å². The lowest BCUT2D eigenvalue weighted by Gasteiger charge is -2.39. The van der Waals surface area contributed by atoms with E-state index in [0.29, 0.717) is 6.04 Å². The first-order chi connectivity index (χ1) is 8.50. The van der Waals surface area contributed by atoms with Gasteiger partial charge < -0.3 is 5.32 Å². The first-order valence-electron chi connectivity index (χ1n) is 6.89. The molecule has 0 radical (unpaired) electrons. The summed E-state index contributed by atoms with van der Waals surface area (Å²) in [5.74, 6) is 1.61. The van der Waals surface area contributed by atoms with Gasteiger partial charge >= 0.3 is 0 Å². The van der Waals surface area contributed by atoms with E-state index in [4.69, 9.17) is 0 Å². The fraction of sp³-hybridized carbons (Fsp3) is 0.786. The van der Waals surface area contributed by atoms with Crippen molar-refractivity contribution in [2.75, 3.05) is 19.6 Å². The monoisotopic (exact) mass is 265 g/mol. The molecule has 4 heteroatoms. The van der Waals surface area contributed by atoms with Crippen LogP contribution in [0.4, 0.5) is 0 Å². The highest BCUT2D eigenvalue weighted by molar-refractivity contribution is 7.09. The molecule has 0 bridgehead atoms. The van der Waals surface area contributed by atoms with Gasteiger partial charge in [-0.25, -0.2) is 4.98 Å². The number of fused-ring (bicyclic) bond motifs is 1. The lowest BCUT2D eigenvalue weighted by atomic mass is 9.84. The quantitative estimate of drug-likeness (QED) is 0.890. The van der Waals surface area contributed by atoms with Crippen LogP contribution in [0.2, 0.25) is 0 Å². The van der Waals surface area contributed by atoms with Gasteiger partial charge in [-0.1, -0.05) is 0 Å². The predicted molar refractivity (Wildman–Crippen MR) is 75.9 cm³/mol. The number of hydrogen-bond acceptors (Lipinski definition) is 4. The highest BCUT2D eigenvalue weighted by Crippen LogP contribution is 2.44. The molecule has 3 rings (SSSR count). The second kappa shape index (κ2) is 4.29. The molecule has 100 valence electrons. The second-order valence-electron chi connectivity index (χ2n) is 6.30. The zero-order valence-electron chi connectivity index (χ0n) is 11.7. The summed E-state index contributed by atoms with van der Waals surface area (Å²) in [5.41, 5.74) is 1.53. The standard InChI is InChI=1S/C14H23N3S/c1-9(13-8-18-10(2)16-13)17-7-11-5-15-6-12(11)14(17,3)4/h8-9,11-12,15H,5-7H2,1-4H3. The van der Waals surface area contributed by atoms with Crippen LogP contribution < -0.4 is 5.32 Å². The normalized spacial score (nSPS) is 32.7. The van der Waals surface area contributed by atoms with Crippen LogP contribution in [0.1, 0.15) is 37.5 Å². The lowest BCUT2D eigenvalue weighted by Crippen LogP contribution is -2.45. The van der Waals surface area contributed by atoms with Crippen LogP contribution in [0.15, 0.2) is 5.38 Å². The van der Waals surface area contributed by atoms with Gasteiger partial charge in [0.1, 0.15) is 0 Å². The molecular weight excluding hydrogens is 242 g/mol. The highest BCUT2D eigenvalue weighted by Gasteiger charge is 2.51. The molecule has 1 aromatic heterocycles. The Labute approximate surface area is 114 Å². The Balaban J connectivity index is 1.84. The number of nitrogens with one attached hydrogen (secondary N) is 1. The van der Waals surface area contributed by atoms with Crippen molar-refractivity contribution >= 4 is 11.3 Å². The van der Waals surface area contributed by atoms with E-state index < -0.39 is 0 Å². The third kappa shape index (κ3) is 1.82. The van der Waals surface area contributed by atoms with E-state index in [0.717, 1.165) is 11.8 Å². The van der Waals surface area contributed by atoms with E-state index in [1.807, 2.05) is 0 Å². The van der Waals surface area contributed by atoms with E-state index in [1.54, 1.807) is 11.3 Å². The number of aromatic nitrogens is 1. The van der Waals surface area contributed by atoms with Gasteiger partial charge in [-0.15, -0.1) is 11.3 Å². The average molecular weight is 265 g/mol. The first kappa shape index (κ1) is 12.6. The third-order valence-corrected chi connectivity index (χ3v) is 5.74. The zero-order valence-corrected chi connectivity index (χ0v) is 12.5. The molecule has 3 nitrogen and oxygen atoms in total. The molecule has 0 saturated carbocycles. The fourth-order valence-electron chi connectivity index (χ4n) is 3.84. The van der Waals surface area contributed by atoms with Crippen molar-refractivity contribution in [1.29, 1.82) is 0 Å². The third-order valence-electron chi connectivity index (χ3n) is 4.95. The Morgan fingerprint density at radius 3 is 2.89 bits per heavy atom. The SMILES string of the molecule is Cc1nc(C(C)N2CC3CNCC3C2(C)C)cs1. The Bertz CT molecular complexity index is 440. The summed E-state index contributed by atoms with van der Waals surface area (Å²) < 4.78 is 0. The Kier molecular flexibility index (Phi) is 3.00. The summed E-state index contributed by atoms with van der Waals surface area (Å²) in [6.45, 7) is 12.8. The maximum atomic E-state index is 4.68. The van der Waals surface area contributed by atoms with Crippen molar-refractivity contribution in [3.63, 3.8) is 0 Å². The molecule has 0 spiro atoms. The maximum Gasteiger partial charge on any atom is 0.0898 e. The van der Waals surface area contributed by atoms with Crippen molar-refractivity contribution in [3.05, 3.63) is 16.1 Å². The van der Waals surface area contributed by atoms with E-state index in [-0.39, 0.29) is 5.54 Å². The number of aryl methyl sites for hydroxylation is 1. The molecule has 3 unspecified atom stereocenters. The van der Waals surface area contributed by atoms with Crippen molar-refractivity contribution < 1.29 is 0 Å². The van der Waals surface area contributed by atoms with Crippen molar-refractivity contribution in [2.45, 2.75) is 39.3 Å². The van der Waals surface area contributed by atoms with Crippen LogP contribution in [0.3, 0.4) is 0 Å². The smallest absolute Gasteiger partial charge is 0.0898 e. The van der Waals surface area contributed by atoms with Gasteiger partial charge in [0.15, 0.2) is 0 Å². The Morgan fingerprint density at radius 1 is 1.50 bits per heavy atom. The summed E-state index contributed by atoms with van der Waals surface area (Å²) in [4.78, 5) is 7.34. The molecule has 0 amide bonds. The summed E-state index contributed by atoms with van der Waals surface area (Å²) >= 11 is 1.76.